The van der Waals surface area contributed by atoms with Crippen molar-refractivity contribution in [3.8, 4) is 0 Å². The molecule has 0 radical (unpaired) electrons. The fourth-order valence-corrected chi connectivity index (χ4v) is 4.43. The van der Waals surface area contributed by atoms with Gasteiger partial charge in [-0.05, 0) is 53.9 Å². The van der Waals surface area contributed by atoms with Crippen LogP contribution >= 0.6 is 0 Å². The average molecular weight is 397 g/mol. The predicted octanol–water partition coefficient (Wildman–Crippen LogP) is 3.62. The number of hydrogen-bond acceptors (Lipinski definition) is 3. The Morgan fingerprint density at radius 2 is 1.71 bits per heavy atom. The maximum absolute atomic E-state index is 12.7. The van der Waals surface area contributed by atoms with Crippen molar-refractivity contribution >= 4 is 32.4 Å². The summed E-state index contributed by atoms with van der Waals surface area (Å²) in [5.74, 6) is -0.347. The van der Waals surface area contributed by atoms with Gasteiger partial charge in [0.15, 0.2) is 0 Å². The van der Waals surface area contributed by atoms with E-state index in [9.17, 15) is 13.2 Å². The van der Waals surface area contributed by atoms with Crippen molar-refractivity contribution in [3.63, 3.8) is 0 Å². The van der Waals surface area contributed by atoms with Crippen molar-refractivity contribution in [3.05, 3.63) is 77.9 Å². The third kappa shape index (κ3) is 4.51. The highest BCUT2D eigenvalue weighted by atomic mass is 32.2. The van der Waals surface area contributed by atoms with Crippen LogP contribution in [0.3, 0.4) is 0 Å². The van der Waals surface area contributed by atoms with Crippen molar-refractivity contribution in [2.45, 2.75) is 26.4 Å². The zero-order valence-electron chi connectivity index (χ0n) is 16.2. The highest BCUT2D eigenvalue weighted by Crippen LogP contribution is 2.22. The summed E-state index contributed by atoms with van der Waals surface area (Å²) in [6, 6.07) is 20.3. The van der Waals surface area contributed by atoms with Gasteiger partial charge in [0.05, 0.1) is 11.9 Å². The maximum atomic E-state index is 12.7. The molecule has 1 amide bonds. The number of nitrogens with zero attached hydrogens (tertiary/aromatic N) is 1. The van der Waals surface area contributed by atoms with E-state index >= 15 is 0 Å². The molecule has 0 aliphatic carbocycles. The van der Waals surface area contributed by atoms with Gasteiger partial charge in [0.1, 0.15) is 6.04 Å². The summed E-state index contributed by atoms with van der Waals surface area (Å²) in [6.07, 6.45) is 1.11. The summed E-state index contributed by atoms with van der Waals surface area (Å²) in [5.41, 5.74) is 2.37. The van der Waals surface area contributed by atoms with Crippen molar-refractivity contribution in [2.24, 2.45) is 0 Å². The lowest BCUT2D eigenvalue weighted by Gasteiger charge is -2.28. The van der Waals surface area contributed by atoms with Crippen LogP contribution < -0.4 is 9.62 Å². The number of benzene rings is 3. The van der Waals surface area contributed by atoms with Crippen LogP contribution in [-0.4, -0.2) is 26.6 Å². The summed E-state index contributed by atoms with van der Waals surface area (Å²) in [7, 11) is -3.62. The zero-order valence-corrected chi connectivity index (χ0v) is 17.0. The Kier molecular flexibility index (Phi) is 5.70. The van der Waals surface area contributed by atoms with E-state index in [4.69, 9.17) is 0 Å². The number of anilines is 1. The molecular weight excluding hydrogens is 372 g/mol. The molecule has 3 rings (SSSR count). The number of aryl methyl sites for hydroxylation is 1. The third-order valence-corrected chi connectivity index (χ3v) is 5.87. The van der Waals surface area contributed by atoms with Gasteiger partial charge in [-0.15, -0.1) is 0 Å². The molecule has 146 valence electrons. The van der Waals surface area contributed by atoms with E-state index in [0.717, 1.165) is 32.5 Å². The second-order valence-electron chi connectivity index (χ2n) is 6.97. The topological polar surface area (TPSA) is 66.5 Å². The largest absolute Gasteiger partial charge is 0.350 e. The number of fused-ring (bicyclic) bond motifs is 1. The van der Waals surface area contributed by atoms with Gasteiger partial charge >= 0.3 is 0 Å². The molecule has 0 aliphatic heterocycles. The predicted molar refractivity (Wildman–Crippen MR) is 114 cm³/mol. The van der Waals surface area contributed by atoms with E-state index in [1.165, 1.54) is 0 Å². The molecule has 1 N–H and O–H groups in total. The minimum Gasteiger partial charge on any atom is -0.350 e. The van der Waals surface area contributed by atoms with Crippen LogP contribution in [0, 0.1) is 6.92 Å². The number of carbonyl (C=O) groups excluding carboxylic acids is 1. The first-order chi connectivity index (χ1) is 13.3. The number of hydrogen-bond donors (Lipinski definition) is 1. The van der Waals surface area contributed by atoms with Gasteiger partial charge in [0.25, 0.3) is 0 Å². The normalized spacial score (nSPS) is 12.5. The van der Waals surface area contributed by atoms with Gasteiger partial charge in [0, 0.05) is 6.54 Å². The summed E-state index contributed by atoms with van der Waals surface area (Å²) >= 11 is 0. The molecule has 0 bridgehead atoms. The van der Waals surface area contributed by atoms with E-state index in [2.05, 4.69) is 5.32 Å². The summed E-state index contributed by atoms with van der Waals surface area (Å²) < 4.78 is 25.9. The molecule has 0 heterocycles. The van der Waals surface area contributed by atoms with Crippen molar-refractivity contribution in [1.29, 1.82) is 0 Å². The van der Waals surface area contributed by atoms with Crippen molar-refractivity contribution in [2.75, 3.05) is 10.6 Å². The smallest absolute Gasteiger partial charge is 0.243 e. The molecule has 3 aromatic carbocycles. The van der Waals surface area contributed by atoms with Crippen LogP contribution in [0.5, 0.6) is 0 Å². The maximum Gasteiger partial charge on any atom is 0.243 e. The van der Waals surface area contributed by atoms with Crippen LogP contribution in [0.2, 0.25) is 0 Å². The third-order valence-electron chi connectivity index (χ3n) is 4.63. The van der Waals surface area contributed by atoms with Gasteiger partial charge in [-0.25, -0.2) is 8.42 Å². The van der Waals surface area contributed by atoms with Crippen molar-refractivity contribution in [1.82, 2.24) is 5.32 Å². The first-order valence-corrected chi connectivity index (χ1v) is 10.9. The second-order valence-corrected chi connectivity index (χ2v) is 8.83. The number of rotatable bonds is 6. The van der Waals surface area contributed by atoms with Gasteiger partial charge in [-0.1, -0.05) is 48.5 Å². The lowest BCUT2D eigenvalue weighted by molar-refractivity contribution is -0.122. The number of carbonyl (C=O) groups is 1. The zero-order chi connectivity index (χ0) is 20.3. The molecule has 0 aliphatic rings. The standard InChI is InChI=1S/C22H24N2O3S/c1-16-7-6-10-21(13-16)24(28(3,26)27)17(2)22(25)23-15-18-11-12-19-8-4-5-9-20(19)14-18/h4-14,17H,15H2,1-3H3,(H,23,25)/t17-/m1/s1. The summed E-state index contributed by atoms with van der Waals surface area (Å²) in [5, 5.41) is 5.09. The Balaban J connectivity index is 1.77. The Hall–Kier alpha value is -2.86. The van der Waals surface area contributed by atoms with Crippen LogP contribution in [-0.2, 0) is 21.4 Å². The second kappa shape index (κ2) is 8.02. The molecule has 0 saturated heterocycles. The SMILES string of the molecule is Cc1cccc(N([C@H](C)C(=O)NCc2ccc3ccccc3c2)S(C)(=O)=O)c1. The first kappa shape index (κ1) is 19.9. The Labute approximate surface area is 166 Å². The van der Waals surface area contributed by atoms with Crippen LogP contribution in [0.1, 0.15) is 18.1 Å². The molecular formula is C22H24N2O3S. The molecule has 0 aromatic heterocycles. The molecule has 6 heteroatoms. The minimum absolute atomic E-state index is 0.333. The van der Waals surface area contributed by atoms with E-state index < -0.39 is 16.1 Å². The van der Waals surface area contributed by atoms with Gasteiger partial charge in [0.2, 0.25) is 15.9 Å². The molecule has 0 unspecified atom stereocenters. The summed E-state index contributed by atoms with van der Waals surface area (Å²) in [4.78, 5) is 12.7. The average Bonchev–Trinajstić information content (AvgIpc) is 2.65. The van der Waals surface area contributed by atoms with Crippen LogP contribution in [0.15, 0.2) is 66.7 Å². The number of nitrogens with one attached hydrogen (secondary N) is 1. The number of amides is 1. The Morgan fingerprint density at radius 1 is 1.00 bits per heavy atom. The lowest BCUT2D eigenvalue weighted by Crippen LogP contribution is -2.47. The van der Waals surface area contributed by atoms with Crippen LogP contribution in [0.4, 0.5) is 5.69 Å². The molecule has 3 aromatic rings. The molecule has 0 saturated carbocycles. The van der Waals surface area contributed by atoms with E-state index in [-0.39, 0.29) is 5.91 Å². The van der Waals surface area contributed by atoms with Crippen LogP contribution in [0.25, 0.3) is 10.8 Å². The Morgan fingerprint density at radius 3 is 2.39 bits per heavy atom. The molecule has 1 atom stereocenters. The van der Waals surface area contributed by atoms with Gasteiger partial charge in [-0.3, -0.25) is 9.10 Å². The van der Waals surface area contributed by atoms with E-state index in [1.54, 1.807) is 25.1 Å². The molecule has 28 heavy (non-hydrogen) atoms. The van der Waals surface area contributed by atoms with Gasteiger partial charge < -0.3 is 5.32 Å². The molecule has 0 fully saturated rings. The minimum atomic E-state index is -3.62. The van der Waals surface area contributed by atoms with Gasteiger partial charge in [-0.2, -0.15) is 0 Å². The van der Waals surface area contributed by atoms with E-state index in [0.29, 0.717) is 12.2 Å². The highest BCUT2D eigenvalue weighted by Gasteiger charge is 2.29. The lowest BCUT2D eigenvalue weighted by atomic mass is 10.1. The molecule has 5 nitrogen and oxygen atoms in total. The van der Waals surface area contributed by atoms with Crippen molar-refractivity contribution < 1.29 is 13.2 Å². The fourth-order valence-electron chi connectivity index (χ4n) is 3.26. The fraction of sp³-hybridized carbons (Fsp3) is 0.227. The number of sulfonamides is 1. The van der Waals surface area contributed by atoms with E-state index in [1.807, 2.05) is 55.5 Å². The highest BCUT2D eigenvalue weighted by molar-refractivity contribution is 7.92. The Bertz CT molecular complexity index is 1110. The molecule has 0 spiro atoms. The first-order valence-electron chi connectivity index (χ1n) is 9.07. The summed E-state index contributed by atoms with van der Waals surface area (Å²) in [6.45, 7) is 3.81. The quantitative estimate of drug-likeness (QED) is 0.692. The monoisotopic (exact) mass is 396 g/mol.